The summed E-state index contributed by atoms with van der Waals surface area (Å²) in [5, 5.41) is 2.96. The fraction of sp³-hybridized carbons (Fsp3) is 0.481. The van der Waals surface area contributed by atoms with Gasteiger partial charge in [-0.15, -0.1) is 0 Å². The number of nitrogens with zero attached hydrogens (tertiary/aromatic N) is 2. The van der Waals surface area contributed by atoms with Crippen LogP contribution in [0.1, 0.15) is 56.7 Å². The highest BCUT2D eigenvalue weighted by Gasteiger charge is 2.27. The van der Waals surface area contributed by atoms with Crippen molar-refractivity contribution in [2.45, 2.75) is 72.5 Å². The molecule has 0 fully saturated rings. The van der Waals surface area contributed by atoms with Crippen LogP contribution in [0.4, 0.5) is 5.69 Å². The second-order valence-electron chi connectivity index (χ2n) is 9.28. The van der Waals surface area contributed by atoms with E-state index >= 15 is 0 Å². The van der Waals surface area contributed by atoms with Crippen molar-refractivity contribution in [1.29, 1.82) is 0 Å². The van der Waals surface area contributed by atoms with Crippen molar-refractivity contribution >= 4 is 27.5 Å². The minimum absolute atomic E-state index is 0.0129. The summed E-state index contributed by atoms with van der Waals surface area (Å²) in [5.41, 5.74) is 3.59. The summed E-state index contributed by atoms with van der Waals surface area (Å²) < 4.78 is 26.2. The van der Waals surface area contributed by atoms with Crippen LogP contribution in [0.3, 0.4) is 0 Å². The number of carbonyl (C=O) groups is 2. The fourth-order valence-electron chi connectivity index (χ4n) is 3.73. The SMILES string of the molecule is CC[C@H](C)NC(=O)[C@@H](C)N(Cc1ccc(C)cc1)C(=O)CCCN(c1cccc(C)c1)S(C)(=O)=O. The highest BCUT2D eigenvalue weighted by atomic mass is 32.2. The van der Waals surface area contributed by atoms with Crippen molar-refractivity contribution in [1.82, 2.24) is 10.2 Å². The molecule has 0 aliphatic heterocycles. The van der Waals surface area contributed by atoms with Gasteiger partial charge in [0.25, 0.3) is 0 Å². The standard InChI is InChI=1S/C27H39N3O4S/c1-7-22(4)28-27(32)23(5)29(19-24-15-13-20(2)14-16-24)26(31)12-9-17-30(35(6,33)34)25-11-8-10-21(3)18-25/h8,10-11,13-16,18,22-23H,7,9,12,17,19H2,1-6H3,(H,28,32)/t22-,23+/m0/s1. The van der Waals surface area contributed by atoms with Crippen LogP contribution in [-0.4, -0.2) is 50.0 Å². The van der Waals surface area contributed by atoms with Gasteiger partial charge in [0.05, 0.1) is 11.9 Å². The van der Waals surface area contributed by atoms with Crippen molar-refractivity contribution in [3.8, 4) is 0 Å². The largest absolute Gasteiger partial charge is 0.352 e. The maximum Gasteiger partial charge on any atom is 0.242 e. The van der Waals surface area contributed by atoms with Crippen molar-refractivity contribution in [3.63, 3.8) is 0 Å². The van der Waals surface area contributed by atoms with Gasteiger partial charge < -0.3 is 10.2 Å². The molecule has 8 heteroatoms. The number of hydrogen-bond acceptors (Lipinski definition) is 4. The Morgan fingerprint density at radius 2 is 1.66 bits per heavy atom. The van der Waals surface area contributed by atoms with E-state index < -0.39 is 16.1 Å². The first-order valence-electron chi connectivity index (χ1n) is 12.1. The van der Waals surface area contributed by atoms with E-state index in [2.05, 4.69) is 5.32 Å². The van der Waals surface area contributed by atoms with Crippen LogP contribution in [0.5, 0.6) is 0 Å². The third kappa shape index (κ3) is 8.69. The summed E-state index contributed by atoms with van der Waals surface area (Å²) >= 11 is 0. The molecule has 7 nitrogen and oxygen atoms in total. The Kier molecular flexibility index (Phi) is 10.3. The molecule has 0 saturated carbocycles. The van der Waals surface area contributed by atoms with E-state index in [4.69, 9.17) is 0 Å². The zero-order chi connectivity index (χ0) is 26.2. The van der Waals surface area contributed by atoms with Gasteiger partial charge in [-0.2, -0.15) is 0 Å². The Hall–Kier alpha value is -2.87. The molecular formula is C27H39N3O4S. The van der Waals surface area contributed by atoms with Crippen molar-refractivity contribution in [2.24, 2.45) is 0 Å². The second-order valence-corrected chi connectivity index (χ2v) is 11.2. The fourth-order valence-corrected chi connectivity index (χ4v) is 4.68. The number of nitrogens with one attached hydrogen (secondary N) is 1. The minimum atomic E-state index is -3.51. The molecule has 1 N–H and O–H groups in total. The normalized spacial score (nSPS) is 13.1. The van der Waals surface area contributed by atoms with E-state index in [0.717, 1.165) is 23.1 Å². The average Bonchev–Trinajstić information content (AvgIpc) is 2.79. The molecule has 0 heterocycles. The first-order valence-corrected chi connectivity index (χ1v) is 14.0. The van der Waals surface area contributed by atoms with Crippen LogP contribution in [0.15, 0.2) is 48.5 Å². The molecule has 0 radical (unpaired) electrons. The van der Waals surface area contributed by atoms with Gasteiger partial charge in [0.15, 0.2) is 0 Å². The molecule has 192 valence electrons. The number of anilines is 1. The Labute approximate surface area is 210 Å². The molecule has 0 saturated heterocycles. The number of benzene rings is 2. The minimum Gasteiger partial charge on any atom is -0.352 e. The quantitative estimate of drug-likeness (QED) is 0.473. The molecule has 2 amide bonds. The third-order valence-corrected chi connectivity index (χ3v) is 7.28. The van der Waals surface area contributed by atoms with Gasteiger partial charge in [0.2, 0.25) is 21.8 Å². The summed E-state index contributed by atoms with van der Waals surface area (Å²) in [6.45, 7) is 10.1. The Morgan fingerprint density at radius 1 is 1.00 bits per heavy atom. The first kappa shape index (κ1) is 28.4. The smallest absolute Gasteiger partial charge is 0.242 e. The molecule has 0 aliphatic rings. The average molecular weight is 502 g/mol. The van der Waals surface area contributed by atoms with Crippen LogP contribution in [0, 0.1) is 13.8 Å². The Morgan fingerprint density at radius 3 is 2.23 bits per heavy atom. The van der Waals surface area contributed by atoms with E-state index in [1.807, 2.05) is 70.2 Å². The summed E-state index contributed by atoms with van der Waals surface area (Å²) in [4.78, 5) is 27.7. The summed E-state index contributed by atoms with van der Waals surface area (Å²) in [7, 11) is -3.51. The van der Waals surface area contributed by atoms with Crippen molar-refractivity contribution < 1.29 is 18.0 Å². The second kappa shape index (κ2) is 12.7. The molecule has 0 unspecified atom stereocenters. The molecule has 2 atom stereocenters. The molecule has 0 bridgehead atoms. The van der Waals surface area contributed by atoms with Crippen LogP contribution >= 0.6 is 0 Å². The number of rotatable bonds is 12. The maximum atomic E-state index is 13.3. The number of aryl methyl sites for hydroxylation is 2. The monoisotopic (exact) mass is 501 g/mol. The van der Waals surface area contributed by atoms with Crippen molar-refractivity contribution in [3.05, 3.63) is 65.2 Å². The lowest BCUT2D eigenvalue weighted by atomic mass is 10.1. The number of amides is 2. The molecule has 2 rings (SSSR count). The van der Waals surface area contributed by atoms with Gasteiger partial charge in [-0.05, 0) is 63.8 Å². The third-order valence-electron chi connectivity index (χ3n) is 6.08. The summed E-state index contributed by atoms with van der Waals surface area (Å²) in [6.07, 6.45) is 2.43. The van der Waals surface area contributed by atoms with Crippen LogP contribution < -0.4 is 9.62 Å². The van der Waals surface area contributed by atoms with Gasteiger partial charge in [0.1, 0.15) is 6.04 Å². The van der Waals surface area contributed by atoms with Gasteiger partial charge in [-0.3, -0.25) is 13.9 Å². The van der Waals surface area contributed by atoms with Crippen LogP contribution in [0.2, 0.25) is 0 Å². The highest BCUT2D eigenvalue weighted by molar-refractivity contribution is 7.92. The van der Waals surface area contributed by atoms with Gasteiger partial charge in [-0.25, -0.2) is 8.42 Å². The lowest BCUT2D eigenvalue weighted by Crippen LogP contribution is -2.49. The Balaban J connectivity index is 2.16. The molecule has 0 spiro atoms. The van der Waals surface area contributed by atoms with E-state index in [9.17, 15) is 18.0 Å². The molecule has 2 aromatic carbocycles. The van der Waals surface area contributed by atoms with Crippen LogP contribution in [-0.2, 0) is 26.2 Å². The Bertz CT molecular complexity index is 1100. The highest BCUT2D eigenvalue weighted by Crippen LogP contribution is 2.20. The molecular weight excluding hydrogens is 462 g/mol. The first-order chi connectivity index (χ1) is 16.4. The van der Waals surface area contributed by atoms with Gasteiger partial charge >= 0.3 is 0 Å². The number of carbonyl (C=O) groups excluding carboxylic acids is 2. The molecule has 0 aliphatic carbocycles. The van der Waals surface area contributed by atoms with Gasteiger partial charge in [-0.1, -0.05) is 48.9 Å². The number of sulfonamides is 1. The lowest BCUT2D eigenvalue weighted by Gasteiger charge is -2.30. The lowest BCUT2D eigenvalue weighted by molar-refractivity contribution is -0.140. The van der Waals surface area contributed by atoms with Crippen LogP contribution in [0.25, 0.3) is 0 Å². The van der Waals surface area contributed by atoms with E-state index in [1.54, 1.807) is 17.9 Å². The van der Waals surface area contributed by atoms with E-state index in [1.165, 1.54) is 10.6 Å². The zero-order valence-electron chi connectivity index (χ0n) is 21.7. The predicted octanol–water partition coefficient (Wildman–Crippen LogP) is 4.18. The molecule has 2 aromatic rings. The summed E-state index contributed by atoms with van der Waals surface area (Å²) in [6, 6.07) is 14.5. The van der Waals surface area contributed by atoms with Crippen molar-refractivity contribution in [2.75, 3.05) is 17.1 Å². The molecule has 35 heavy (non-hydrogen) atoms. The zero-order valence-corrected chi connectivity index (χ0v) is 22.6. The predicted molar refractivity (Wildman–Crippen MR) is 142 cm³/mol. The number of hydrogen-bond donors (Lipinski definition) is 1. The topological polar surface area (TPSA) is 86.8 Å². The summed E-state index contributed by atoms with van der Waals surface area (Å²) in [5.74, 6) is -0.382. The van der Waals surface area contributed by atoms with E-state index in [-0.39, 0.29) is 30.8 Å². The van der Waals surface area contributed by atoms with E-state index in [0.29, 0.717) is 18.7 Å². The maximum absolute atomic E-state index is 13.3. The molecule has 0 aromatic heterocycles. The van der Waals surface area contributed by atoms with Gasteiger partial charge in [0, 0.05) is 25.6 Å².